The number of rotatable bonds is 3. The molecule has 5 nitrogen and oxygen atoms in total. The molecule has 6 heteroatoms. The van der Waals surface area contributed by atoms with E-state index in [-0.39, 0.29) is 0 Å². The van der Waals surface area contributed by atoms with Crippen molar-refractivity contribution in [1.82, 2.24) is 5.32 Å². The second kappa shape index (κ2) is 7.43. The minimum Gasteiger partial charge on any atom is -0.323 e. The van der Waals surface area contributed by atoms with Gasteiger partial charge in [-0.3, -0.25) is 4.84 Å². The highest BCUT2D eigenvalue weighted by Gasteiger charge is 1.97. The molecule has 0 fully saturated rings. The second-order valence-corrected chi connectivity index (χ2v) is 3.28. The van der Waals surface area contributed by atoms with E-state index in [4.69, 9.17) is 5.26 Å². The molecule has 0 radical (unpaired) electrons. The summed E-state index contributed by atoms with van der Waals surface area (Å²) in [6.45, 7) is 1.71. The van der Waals surface area contributed by atoms with Crippen molar-refractivity contribution >= 4 is 22.9 Å². The summed E-state index contributed by atoms with van der Waals surface area (Å²) in [6, 6.07) is 2.00. The number of hydrogen-bond acceptors (Lipinski definition) is 5. The average Bonchev–Trinajstić information content (AvgIpc) is 2.14. The topological polar surface area (TPSA) is 74.5 Å². The Morgan fingerprint density at radius 3 is 3.00 bits per heavy atom. The molecule has 0 rings (SSSR count). The van der Waals surface area contributed by atoms with Crippen molar-refractivity contribution in [1.29, 1.82) is 5.26 Å². The van der Waals surface area contributed by atoms with Crippen molar-refractivity contribution in [2.45, 2.75) is 13.3 Å². The predicted molar refractivity (Wildman–Crippen MR) is 51.3 cm³/mol. The Balaban J connectivity index is 3.64. The molecule has 0 aromatic rings. The average molecular weight is 201 g/mol. The first-order valence-corrected chi connectivity index (χ1v) is 4.62. The molecule has 0 saturated carbocycles. The summed E-state index contributed by atoms with van der Waals surface area (Å²) in [5.41, 5.74) is 0. The van der Waals surface area contributed by atoms with Gasteiger partial charge in [0.1, 0.15) is 5.04 Å². The minimum atomic E-state index is -0.597. The van der Waals surface area contributed by atoms with Crippen LogP contribution in [0.3, 0.4) is 0 Å². The van der Waals surface area contributed by atoms with Crippen LogP contribution in [0, 0.1) is 11.3 Å². The largest absolute Gasteiger partial charge is 0.433 e. The maximum Gasteiger partial charge on any atom is 0.433 e. The number of carbonyl (C=O) groups excluding carboxylic acids is 1. The lowest BCUT2D eigenvalue weighted by molar-refractivity contribution is 0.153. The lowest BCUT2D eigenvalue weighted by Crippen LogP contribution is -2.17. The monoisotopic (exact) mass is 201 g/mol. The van der Waals surface area contributed by atoms with Crippen molar-refractivity contribution in [3.05, 3.63) is 0 Å². The molecule has 0 heterocycles. The van der Waals surface area contributed by atoms with Gasteiger partial charge in [-0.05, 0) is 6.92 Å². The first kappa shape index (κ1) is 11.8. The third kappa shape index (κ3) is 7.15. The van der Waals surface area contributed by atoms with Gasteiger partial charge in [-0.2, -0.15) is 5.26 Å². The van der Waals surface area contributed by atoms with Crippen LogP contribution >= 0.6 is 11.8 Å². The van der Waals surface area contributed by atoms with Crippen molar-refractivity contribution in [3.8, 4) is 6.07 Å². The van der Waals surface area contributed by atoms with Crippen molar-refractivity contribution in [3.63, 3.8) is 0 Å². The van der Waals surface area contributed by atoms with Gasteiger partial charge in [-0.1, -0.05) is 5.16 Å². The molecule has 0 unspecified atom stereocenters. The first-order valence-electron chi connectivity index (χ1n) is 3.63. The fraction of sp³-hybridized carbons (Fsp3) is 0.571. The van der Waals surface area contributed by atoms with Crippen molar-refractivity contribution in [2.24, 2.45) is 5.16 Å². The van der Waals surface area contributed by atoms with E-state index < -0.39 is 6.09 Å². The van der Waals surface area contributed by atoms with Gasteiger partial charge in [0.15, 0.2) is 0 Å². The fourth-order valence-corrected chi connectivity index (χ4v) is 1.00. The summed E-state index contributed by atoms with van der Waals surface area (Å²) in [7, 11) is 1.45. The Morgan fingerprint density at radius 2 is 2.46 bits per heavy atom. The fourth-order valence-electron chi connectivity index (χ4n) is 0.422. The minimum absolute atomic E-state index is 0.456. The van der Waals surface area contributed by atoms with Gasteiger partial charge in [0.25, 0.3) is 0 Å². The van der Waals surface area contributed by atoms with Gasteiger partial charge in [-0.15, -0.1) is 11.8 Å². The zero-order chi connectivity index (χ0) is 10.1. The molecule has 0 bridgehead atoms. The summed E-state index contributed by atoms with van der Waals surface area (Å²) in [6.07, 6.45) is -0.141. The Morgan fingerprint density at radius 1 is 1.77 bits per heavy atom. The molecule has 0 aliphatic rings. The number of nitriles is 1. The molecule has 0 atom stereocenters. The van der Waals surface area contributed by atoms with E-state index in [1.807, 2.05) is 6.07 Å². The van der Waals surface area contributed by atoms with Crippen LogP contribution in [0.1, 0.15) is 13.3 Å². The summed E-state index contributed by atoms with van der Waals surface area (Å²) in [5.74, 6) is 0.656. The Bertz CT molecular complexity index is 234. The van der Waals surface area contributed by atoms with Gasteiger partial charge in [0.2, 0.25) is 0 Å². The maximum atomic E-state index is 10.5. The third-order valence-corrected chi connectivity index (χ3v) is 1.89. The summed E-state index contributed by atoms with van der Waals surface area (Å²) in [4.78, 5) is 15.0. The van der Waals surface area contributed by atoms with Crippen LogP contribution in [0.2, 0.25) is 0 Å². The van der Waals surface area contributed by atoms with Crippen LogP contribution in [0.5, 0.6) is 0 Å². The van der Waals surface area contributed by atoms with E-state index in [2.05, 4.69) is 15.3 Å². The van der Waals surface area contributed by atoms with Crippen molar-refractivity contribution in [2.75, 3.05) is 12.8 Å². The zero-order valence-corrected chi connectivity index (χ0v) is 8.35. The number of hydrogen-bond donors (Lipinski definition) is 1. The number of carbonyl (C=O) groups is 1. The molecule has 0 aliphatic carbocycles. The van der Waals surface area contributed by atoms with Crippen LogP contribution in [0.4, 0.5) is 4.79 Å². The highest BCUT2D eigenvalue weighted by Crippen LogP contribution is 2.05. The van der Waals surface area contributed by atoms with E-state index in [9.17, 15) is 4.79 Å². The van der Waals surface area contributed by atoms with E-state index in [0.717, 1.165) is 0 Å². The van der Waals surface area contributed by atoms with Gasteiger partial charge in [-0.25, -0.2) is 4.79 Å². The maximum absolute atomic E-state index is 10.5. The third-order valence-electron chi connectivity index (χ3n) is 0.986. The lowest BCUT2D eigenvalue weighted by Gasteiger charge is -1.97. The summed E-state index contributed by atoms with van der Waals surface area (Å²) < 4.78 is 0. The smallest absolute Gasteiger partial charge is 0.323 e. The SMILES string of the molecule is CNC(=O)ON=C(C)SCCC#N. The van der Waals surface area contributed by atoms with E-state index in [1.54, 1.807) is 6.92 Å². The van der Waals surface area contributed by atoms with Gasteiger partial charge in [0.05, 0.1) is 6.07 Å². The lowest BCUT2D eigenvalue weighted by atomic mass is 10.6. The molecule has 0 spiro atoms. The molecule has 0 aromatic heterocycles. The van der Waals surface area contributed by atoms with E-state index in [1.165, 1.54) is 18.8 Å². The Kier molecular flexibility index (Phi) is 6.73. The van der Waals surface area contributed by atoms with Crippen LogP contribution in [-0.4, -0.2) is 23.9 Å². The standard InChI is InChI=1S/C7H11N3O2S/c1-6(13-5-3-4-8)10-12-7(11)9-2/h3,5H2,1-2H3,(H,9,11). The first-order chi connectivity index (χ1) is 6.20. The van der Waals surface area contributed by atoms with Crippen LogP contribution < -0.4 is 5.32 Å². The Hall–Kier alpha value is -1.22. The predicted octanol–water partition coefficient (Wildman–Crippen LogP) is 1.32. The van der Waals surface area contributed by atoms with Crippen LogP contribution in [0.15, 0.2) is 5.16 Å². The second-order valence-electron chi connectivity index (χ2n) is 2.00. The van der Waals surface area contributed by atoms with Crippen LogP contribution in [-0.2, 0) is 4.84 Å². The van der Waals surface area contributed by atoms with Crippen LogP contribution in [0.25, 0.3) is 0 Å². The highest BCUT2D eigenvalue weighted by molar-refractivity contribution is 8.13. The van der Waals surface area contributed by atoms with E-state index >= 15 is 0 Å². The summed E-state index contributed by atoms with van der Waals surface area (Å²) >= 11 is 1.38. The normalized spacial score (nSPS) is 10.4. The molecule has 13 heavy (non-hydrogen) atoms. The molecule has 1 N–H and O–H groups in total. The molecule has 1 amide bonds. The van der Waals surface area contributed by atoms with Crippen molar-refractivity contribution < 1.29 is 9.63 Å². The van der Waals surface area contributed by atoms with E-state index in [0.29, 0.717) is 17.2 Å². The molecule has 0 aliphatic heterocycles. The molecular formula is C7H11N3O2S. The number of nitrogens with one attached hydrogen (secondary N) is 1. The number of thioether (sulfide) groups is 1. The summed E-state index contributed by atoms with van der Waals surface area (Å²) in [5, 5.41) is 14.6. The number of nitrogens with zero attached hydrogens (tertiary/aromatic N) is 2. The van der Waals surface area contributed by atoms with Gasteiger partial charge < -0.3 is 5.32 Å². The zero-order valence-electron chi connectivity index (χ0n) is 7.53. The number of amides is 1. The Labute approximate surface area is 81.1 Å². The van der Waals surface area contributed by atoms with Gasteiger partial charge >= 0.3 is 6.09 Å². The molecule has 0 aromatic carbocycles. The molecular weight excluding hydrogens is 190 g/mol. The quantitative estimate of drug-likeness (QED) is 0.246. The molecule has 72 valence electrons. The molecule has 0 saturated heterocycles. The highest BCUT2D eigenvalue weighted by atomic mass is 32.2. The van der Waals surface area contributed by atoms with Gasteiger partial charge in [0, 0.05) is 19.2 Å². The number of oxime groups is 1.